The van der Waals surface area contributed by atoms with Crippen LogP contribution in [0, 0.1) is 0 Å². The molecule has 1 amide bonds. The highest BCUT2D eigenvalue weighted by atomic mass is 16.1. The van der Waals surface area contributed by atoms with Crippen molar-refractivity contribution in [2.45, 2.75) is 25.3 Å². The highest BCUT2D eigenvalue weighted by molar-refractivity contribution is 5.79. The molecule has 0 unspecified atom stereocenters. The molecule has 1 aromatic rings. The van der Waals surface area contributed by atoms with Gasteiger partial charge in [-0.1, -0.05) is 12.1 Å². The van der Waals surface area contributed by atoms with Gasteiger partial charge in [0.05, 0.1) is 6.42 Å². The summed E-state index contributed by atoms with van der Waals surface area (Å²) in [6.07, 6.45) is 2.69. The average Bonchev–Trinajstić information content (AvgIpc) is 2.87. The molecule has 1 aromatic carbocycles. The van der Waals surface area contributed by atoms with Gasteiger partial charge in [-0.2, -0.15) is 0 Å². The molecule has 0 heterocycles. The number of carbonyl (C=O) groups excluding carboxylic acids is 1. The molecule has 1 aliphatic rings. The Labute approximate surface area is 83.3 Å². The molecule has 14 heavy (non-hydrogen) atoms. The maximum atomic E-state index is 11.4. The summed E-state index contributed by atoms with van der Waals surface area (Å²) in [5.74, 6) is 0.0955. The van der Waals surface area contributed by atoms with E-state index >= 15 is 0 Å². The van der Waals surface area contributed by atoms with Crippen molar-refractivity contribution in [2.24, 2.45) is 0 Å². The van der Waals surface area contributed by atoms with Crippen molar-refractivity contribution in [3.63, 3.8) is 0 Å². The zero-order valence-electron chi connectivity index (χ0n) is 7.99. The van der Waals surface area contributed by atoms with Crippen molar-refractivity contribution >= 4 is 11.6 Å². The maximum Gasteiger partial charge on any atom is 0.224 e. The van der Waals surface area contributed by atoms with E-state index in [4.69, 9.17) is 5.73 Å². The van der Waals surface area contributed by atoms with E-state index in [2.05, 4.69) is 5.32 Å². The van der Waals surface area contributed by atoms with Crippen LogP contribution in [0.3, 0.4) is 0 Å². The first-order chi connectivity index (χ1) is 6.74. The van der Waals surface area contributed by atoms with E-state index in [-0.39, 0.29) is 5.91 Å². The number of hydrogen-bond acceptors (Lipinski definition) is 2. The van der Waals surface area contributed by atoms with E-state index in [1.807, 2.05) is 24.3 Å². The highest BCUT2D eigenvalue weighted by Gasteiger charge is 2.22. The van der Waals surface area contributed by atoms with Gasteiger partial charge in [-0.15, -0.1) is 0 Å². The third kappa shape index (κ3) is 2.49. The van der Waals surface area contributed by atoms with E-state index < -0.39 is 0 Å². The summed E-state index contributed by atoms with van der Waals surface area (Å²) >= 11 is 0. The predicted octanol–water partition coefficient (Wildman–Crippen LogP) is 1.09. The first kappa shape index (κ1) is 9.06. The lowest BCUT2D eigenvalue weighted by atomic mass is 10.1. The first-order valence-corrected chi connectivity index (χ1v) is 4.88. The van der Waals surface area contributed by atoms with Gasteiger partial charge in [0.25, 0.3) is 0 Å². The lowest BCUT2D eigenvalue weighted by Crippen LogP contribution is -2.26. The topological polar surface area (TPSA) is 55.1 Å². The Bertz CT molecular complexity index is 345. The predicted molar refractivity (Wildman–Crippen MR) is 55.7 cm³/mol. The summed E-state index contributed by atoms with van der Waals surface area (Å²) in [5.41, 5.74) is 7.30. The summed E-state index contributed by atoms with van der Waals surface area (Å²) in [7, 11) is 0. The second-order valence-electron chi connectivity index (χ2n) is 3.76. The first-order valence-electron chi connectivity index (χ1n) is 4.88. The fraction of sp³-hybridized carbons (Fsp3) is 0.364. The Morgan fingerprint density at radius 2 is 2.29 bits per heavy atom. The van der Waals surface area contributed by atoms with Crippen molar-refractivity contribution in [1.29, 1.82) is 0 Å². The van der Waals surface area contributed by atoms with Gasteiger partial charge in [0, 0.05) is 11.7 Å². The normalized spacial score (nSPS) is 15.1. The molecular formula is C11H14N2O. The van der Waals surface area contributed by atoms with Gasteiger partial charge < -0.3 is 11.1 Å². The molecule has 2 rings (SSSR count). The number of nitrogen functional groups attached to an aromatic ring is 1. The van der Waals surface area contributed by atoms with E-state index in [9.17, 15) is 4.79 Å². The number of rotatable bonds is 3. The van der Waals surface area contributed by atoms with Crippen LogP contribution >= 0.6 is 0 Å². The second-order valence-corrected chi connectivity index (χ2v) is 3.76. The van der Waals surface area contributed by atoms with Gasteiger partial charge in [0.15, 0.2) is 0 Å². The minimum Gasteiger partial charge on any atom is -0.399 e. The Morgan fingerprint density at radius 3 is 2.93 bits per heavy atom. The van der Waals surface area contributed by atoms with Gasteiger partial charge in [0.1, 0.15) is 0 Å². The van der Waals surface area contributed by atoms with Crippen LogP contribution in [0.15, 0.2) is 24.3 Å². The van der Waals surface area contributed by atoms with Gasteiger partial charge >= 0.3 is 0 Å². The van der Waals surface area contributed by atoms with E-state index in [1.54, 1.807) is 0 Å². The van der Waals surface area contributed by atoms with E-state index in [0.717, 1.165) is 18.4 Å². The SMILES string of the molecule is Nc1cccc(CC(=O)NC2CC2)c1. The molecule has 74 valence electrons. The van der Waals surface area contributed by atoms with E-state index in [1.165, 1.54) is 0 Å². The Balaban J connectivity index is 1.92. The van der Waals surface area contributed by atoms with Crippen LogP contribution in [-0.4, -0.2) is 11.9 Å². The Hall–Kier alpha value is -1.51. The number of anilines is 1. The Morgan fingerprint density at radius 1 is 1.50 bits per heavy atom. The summed E-state index contributed by atoms with van der Waals surface area (Å²) in [6.45, 7) is 0. The third-order valence-corrected chi connectivity index (χ3v) is 2.26. The van der Waals surface area contributed by atoms with Crippen LogP contribution in [0.25, 0.3) is 0 Å². The molecule has 0 aliphatic heterocycles. The van der Waals surface area contributed by atoms with Gasteiger partial charge in [-0.3, -0.25) is 4.79 Å². The largest absolute Gasteiger partial charge is 0.399 e. The molecular weight excluding hydrogens is 176 g/mol. The molecule has 1 aliphatic carbocycles. The zero-order valence-corrected chi connectivity index (χ0v) is 7.99. The molecule has 0 saturated heterocycles. The summed E-state index contributed by atoms with van der Waals surface area (Å²) in [6, 6.07) is 7.88. The molecule has 0 atom stereocenters. The fourth-order valence-electron chi connectivity index (χ4n) is 1.39. The van der Waals surface area contributed by atoms with Crippen LogP contribution in [0.1, 0.15) is 18.4 Å². The van der Waals surface area contributed by atoms with Gasteiger partial charge in [-0.05, 0) is 30.5 Å². The number of nitrogens with one attached hydrogen (secondary N) is 1. The average molecular weight is 190 g/mol. The van der Waals surface area contributed by atoms with Crippen molar-refractivity contribution in [1.82, 2.24) is 5.32 Å². The molecule has 1 fully saturated rings. The minimum absolute atomic E-state index is 0.0955. The van der Waals surface area contributed by atoms with Crippen LogP contribution in [0.4, 0.5) is 5.69 Å². The molecule has 3 N–H and O–H groups in total. The number of hydrogen-bond donors (Lipinski definition) is 2. The molecule has 3 heteroatoms. The Kier molecular flexibility index (Phi) is 2.39. The second kappa shape index (κ2) is 3.70. The lowest BCUT2D eigenvalue weighted by Gasteiger charge is -2.03. The van der Waals surface area contributed by atoms with Crippen LogP contribution in [0.2, 0.25) is 0 Å². The van der Waals surface area contributed by atoms with Crippen molar-refractivity contribution in [2.75, 3.05) is 5.73 Å². The monoisotopic (exact) mass is 190 g/mol. The standard InChI is InChI=1S/C11H14N2O/c12-9-3-1-2-8(6-9)7-11(14)13-10-4-5-10/h1-3,6,10H,4-5,7,12H2,(H,13,14). The summed E-state index contributed by atoms with van der Waals surface area (Å²) < 4.78 is 0. The van der Waals surface area contributed by atoms with Gasteiger partial charge in [0.2, 0.25) is 5.91 Å². The summed E-state index contributed by atoms with van der Waals surface area (Å²) in [4.78, 5) is 11.4. The van der Waals surface area contributed by atoms with Gasteiger partial charge in [-0.25, -0.2) is 0 Å². The third-order valence-electron chi connectivity index (χ3n) is 2.26. The smallest absolute Gasteiger partial charge is 0.224 e. The number of carbonyl (C=O) groups is 1. The van der Waals surface area contributed by atoms with Crippen molar-refractivity contribution < 1.29 is 4.79 Å². The summed E-state index contributed by atoms with van der Waals surface area (Å²) in [5, 5.41) is 2.94. The molecule has 1 saturated carbocycles. The lowest BCUT2D eigenvalue weighted by molar-refractivity contribution is -0.120. The maximum absolute atomic E-state index is 11.4. The van der Waals surface area contributed by atoms with Crippen LogP contribution in [-0.2, 0) is 11.2 Å². The van der Waals surface area contributed by atoms with Crippen LogP contribution in [0.5, 0.6) is 0 Å². The number of amides is 1. The zero-order chi connectivity index (χ0) is 9.97. The van der Waals surface area contributed by atoms with E-state index in [0.29, 0.717) is 18.2 Å². The molecule has 0 radical (unpaired) electrons. The molecule has 0 aromatic heterocycles. The van der Waals surface area contributed by atoms with Crippen molar-refractivity contribution in [3.05, 3.63) is 29.8 Å². The molecule has 3 nitrogen and oxygen atoms in total. The molecule has 0 bridgehead atoms. The minimum atomic E-state index is 0.0955. The fourth-order valence-corrected chi connectivity index (χ4v) is 1.39. The quantitative estimate of drug-likeness (QED) is 0.701. The number of nitrogens with two attached hydrogens (primary N) is 1. The number of benzene rings is 1. The highest BCUT2D eigenvalue weighted by Crippen LogP contribution is 2.18. The molecule has 0 spiro atoms. The van der Waals surface area contributed by atoms with Crippen molar-refractivity contribution in [3.8, 4) is 0 Å². The van der Waals surface area contributed by atoms with Crippen LogP contribution < -0.4 is 11.1 Å².